The Balaban J connectivity index is 1.67. The van der Waals surface area contributed by atoms with E-state index in [0.29, 0.717) is 12.1 Å². The van der Waals surface area contributed by atoms with Crippen LogP contribution in [0.5, 0.6) is 11.5 Å². The fourth-order valence-corrected chi connectivity index (χ4v) is 3.87. The van der Waals surface area contributed by atoms with Crippen LogP contribution in [0.3, 0.4) is 0 Å². The Labute approximate surface area is 127 Å². The van der Waals surface area contributed by atoms with Crippen molar-refractivity contribution in [3.05, 3.63) is 23.8 Å². The number of fused-ring (bicyclic) bond motifs is 3. The standard InChI is InChI=1S/C17H26N2O2/c1-12-17(13-6-8-19(12)9-7-13)18-11-14-4-5-15(20-2)10-16(14)21-3/h4-5,10,12-13,17-18H,6-9,11H2,1-3H3. The molecule has 0 aliphatic carbocycles. The van der Waals surface area contributed by atoms with E-state index >= 15 is 0 Å². The van der Waals surface area contributed by atoms with Crippen molar-refractivity contribution in [1.29, 1.82) is 0 Å². The van der Waals surface area contributed by atoms with Gasteiger partial charge in [0.15, 0.2) is 0 Å². The Hall–Kier alpha value is -1.26. The molecule has 2 bridgehead atoms. The molecule has 2 unspecified atom stereocenters. The highest BCUT2D eigenvalue weighted by atomic mass is 16.5. The first-order valence-electron chi connectivity index (χ1n) is 7.91. The van der Waals surface area contributed by atoms with Crippen molar-refractivity contribution < 1.29 is 9.47 Å². The van der Waals surface area contributed by atoms with E-state index in [9.17, 15) is 0 Å². The van der Waals surface area contributed by atoms with Crippen molar-refractivity contribution in [1.82, 2.24) is 10.2 Å². The first-order chi connectivity index (χ1) is 10.2. The number of rotatable bonds is 5. The first-order valence-corrected chi connectivity index (χ1v) is 7.91. The van der Waals surface area contributed by atoms with Crippen molar-refractivity contribution in [2.24, 2.45) is 5.92 Å². The third-order valence-corrected chi connectivity index (χ3v) is 5.20. The predicted octanol–water partition coefficient (Wildman–Crippen LogP) is 2.28. The summed E-state index contributed by atoms with van der Waals surface area (Å²) in [4.78, 5) is 2.61. The van der Waals surface area contributed by atoms with E-state index in [1.54, 1.807) is 14.2 Å². The van der Waals surface area contributed by atoms with Gasteiger partial charge in [0.2, 0.25) is 0 Å². The van der Waals surface area contributed by atoms with Crippen LogP contribution in [0.4, 0.5) is 0 Å². The van der Waals surface area contributed by atoms with Crippen LogP contribution in [0.1, 0.15) is 25.3 Å². The highest BCUT2D eigenvalue weighted by Gasteiger charge is 2.39. The van der Waals surface area contributed by atoms with Gasteiger partial charge in [-0.2, -0.15) is 0 Å². The minimum absolute atomic E-state index is 0.597. The summed E-state index contributed by atoms with van der Waals surface area (Å²) in [5.74, 6) is 2.57. The van der Waals surface area contributed by atoms with Gasteiger partial charge in [0.1, 0.15) is 11.5 Å². The topological polar surface area (TPSA) is 33.7 Å². The summed E-state index contributed by atoms with van der Waals surface area (Å²) in [5.41, 5.74) is 1.20. The fourth-order valence-electron chi connectivity index (χ4n) is 3.87. The van der Waals surface area contributed by atoms with Gasteiger partial charge in [0.05, 0.1) is 14.2 Å². The van der Waals surface area contributed by atoms with Crippen molar-refractivity contribution >= 4 is 0 Å². The van der Waals surface area contributed by atoms with Crippen LogP contribution in [0.2, 0.25) is 0 Å². The largest absolute Gasteiger partial charge is 0.497 e. The first kappa shape index (κ1) is 14.7. The van der Waals surface area contributed by atoms with Crippen LogP contribution in [0.15, 0.2) is 18.2 Å². The van der Waals surface area contributed by atoms with Gasteiger partial charge in [0.25, 0.3) is 0 Å². The van der Waals surface area contributed by atoms with Crippen LogP contribution in [-0.2, 0) is 6.54 Å². The second-order valence-corrected chi connectivity index (χ2v) is 6.20. The van der Waals surface area contributed by atoms with Gasteiger partial charge in [-0.1, -0.05) is 6.07 Å². The Morgan fingerprint density at radius 1 is 1.19 bits per heavy atom. The summed E-state index contributed by atoms with van der Waals surface area (Å²) >= 11 is 0. The van der Waals surface area contributed by atoms with Crippen LogP contribution < -0.4 is 14.8 Å². The molecule has 1 aromatic carbocycles. The number of nitrogens with one attached hydrogen (secondary N) is 1. The molecular weight excluding hydrogens is 264 g/mol. The number of nitrogens with zero attached hydrogens (tertiary/aromatic N) is 1. The van der Waals surface area contributed by atoms with E-state index in [-0.39, 0.29) is 0 Å². The zero-order valence-corrected chi connectivity index (χ0v) is 13.3. The summed E-state index contributed by atoms with van der Waals surface area (Å²) in [6, 6.07) is 7.29. The van der Waals surface area contributed by atoms with Crippen LogP contribution in [0.25, 0.3) is 0 Å². The maximum atomic E-state index is 5.49. The third kappa shape index (κ3) is 2.87. The lowest BCUT2D eigenvalue weighted by molar-refractivity contribution is 0.0215. The number of hydrogen-bond donors (Lipinski definition) is 1. The Morgan fingerprint density at radius 2 is 1.95 bits per heavy atom. The molecule has 3 heterocycles. The van der Waals surface area contributed by atoms with Crippen molar-refractivity contribution in [2.75, 3.05) is 27.3 Å². The van der Waals surface area contributed by atoms with Gasteiger partial charge >= 0.3 is 0 Å². The normalized spacial score (nSPS) is 31.2. The molecule has 4 heteroatoms. The van der Waals surface area contributed by atoms with Crippen LogP contribution in [0, 0.1) is 5.92 Å². The molecule has 1 aromatic rings. The average molecular weight is 290 g/mol. The van der Waals surface area contributed by atoms with Gasteiger partial charge in [-0.05, 0) is 44.8 Å². The lowest BCUT2D eigenvalue weighted by Crippen LogP contribution is -2.61. The number of methoxy groups -OCH3 is 2. The zero-order chi connectivity index (χ0) is 14.8. The summed E-state index contributed by atoms with van der Waals surface area (Å²) in [7, 11) is 3.40. The molecule has 116 valence electrons. The van der Waals surface area contributed by atoms with Gasteiger partial charge in [-0.15, -0.1) is 0 Å². The Bertz CT molecular complexity index is 482. The van der Waals surface area contributed by atoms with E-state index in [0.717, 1.165) is 24.0 Å². The number of ether oxygens (including phenoxy) is 2. The fraction of sp³-hybridized carbons (Fsp3) is 0.647. The maximum Gasteiger partial charge on any atom is 0.127 e. The van der Waals surface area contributed by atoms with Crippen molar-refractivity contribution in [2.45, 2.75) is 38.4 Å². The van der Waals surface area contributed by atoms with Gasteiger partial charge in [-0.25, -0.2) is 0 Å². The summed E-state index contributed by atoms with van der Waals surface area (Å²) in [6.07, 6.45) is 2.67. The van der Waals surface area contributed by atoms with Gasteiger partial charge in [-0.3, -0.25) is 4.90 Å². The van der Waals surface area contributed by atoms with Gasteiger partial charge < -0.3 is 14.8 Å². The maximum absolute atomic E-state index is 5.49. The van der Waals surface area contributed by atoms with E-state index in [2.05, 4.69) is 23.2 Å². The monoisotopic (exact) mass is 290 g/mol. The highest BCUT2D eigenvalue weighted by Crippen LogP contribution is 2.33. The summed E-state index contributed by atoms with van der Waals surface area (Å²) in [6.45, 7) is 5.76. The lowest BCUT2D eigenvalue weighted by atomic mass is 9.79. The minimum Gasteiger partial charge on any atom is -0.497 e. The minimum atomic E-state index is 0.597. The molecule has 0 radical (unpaired) electrons. The molecule has 3 fully saturated rings. The molecule has 4 rings (SSSR count). The zero-order valence-electron chi connectivity index (χ0n) is 13.3. The molecule has 0 aromatic heterocycles. The molecule has 3 aliphatic rings. The lowest BCUT2D eigenvalue weighted by Gasteiger charge is -2.50. The van der Waals surface area contributed by atoms with Crippen LogP contribution in [-0.4, -0.2) is 44.3 Å². The molecule has 0 amide bonds. The van der Waals surface area contributed by atoms with Crippen molar-refractivity contribution in [3.63, 3.8) is 0 Å². The third-order valence-electron chi connectivity index (χ3n) is 5.20. The number of piperidine rings is 3. The molecule has 1 N–H and O–H groups in total. The molecule has 21 heavy (non-hydrogen) atoms. The quantitative estimate of drug-likeness (QED) is 0.902. The summed E-state index contributed by atoms with van der Waals surface area (Å²) in [5, 5.41) is 3.77. The van der Waals surface area contributed by atoms with E-state index in [1.165, 1.54) is 31.5 Å². The summed E-state index contributed by atoms with van der Waals surface area (Å²) < 4.78 is 10.7. The predicted molar refractivity (Wildman–Crippen MR) is 83.9 cm³/mol. The van der Waals surface area contributed by atoms with E-state index in [1.807, 2.05) is 12.1 Å². The average Bonchev–Trinajstić information content (AvgIpc) is 2.55. The van der Waals surface area contributed by atoms with Crippen LogP contribution >= 0.6 is 0 Å². The second-order valence-electron chi connectivity index (χ2n) is 6.20. The molecule has 0 spiro atoms. The molecule has 0 saturated carbocycles. The number of hydrogen-bond acceptors (Lipinski definition) is 4. The molecule has 2 atom stereocenters. The smallest absolute Gasteiger partial charge is 0.127 e. The van der Waals surface area contributed by atoms with Gasteiger partial charge in [0, 0.05) is 30.3 Å². The van der Waals surface area contributed by atoms with Crippen molar-refractivity contribution in [3.8, 4) is 11.5 Å². The molecule has 4 nitrogen and oxygen atoms in total. The Morgan fingerprint density at radius 3 is 2.57 bits per heavy atom. The van der Waals surface area contributed by atoms with E-state index in [4.69, 9.17) is 9.47 Å². The Kier molecular flexibility index (Phi) is 4.36. The second kappa shape index (κ2) is 6.24. The highest BCUT2D eigenvalue weighted by molar-refractivity contribution is 5.40. The SMILES string of the molecule is COc1ccc(CNC2C3CCN(CC3)C2C)c(OC)c1. The number of benzene rings is 1. The molecule has 3 saturated heterocycles. The molecular formula is C17H26N2O2. The van der Waals surface area contributed by atoms with E-state index < -0.39 is 0 Å². The molecule has 3 aliphatic heterocycles.